The molecule has 29 heavy (non-hydrogen) atoms. The van der Waals surface area contributed by atoms with E-state index >= 15 is 0 Å². The van der Waals surface area contributed by atoms with Gasteiger partial charge in [-0.25, -0.2) is 4.79 Å². The summed E-state index contributed by atoms with van der Waals surface area (Å²) >= 11 is 0. The summed E-state index contributed by atoms with van der Waals surface area (Å²) in [5, 5.41) is 3.33. The highest BCUT2D eigenvalue weighted by Crippen LogP contribution is 2.47. The van der Waals surface area contributed by atoms with Gasteiger partial charge < -0.3 is 19.5 Å². The van der Waals surface area contributed by atoms with E-state index in [1.807, 2.05) is 31.2 Å². The average Bonchev–Trinajstić information content (AvgIpc) is 2.66. The number of ether oxygens (including phenoxy) is 3. The molecule has 0 unspecified atom stereocenters. The fourth-order valence-corrected chi connectivity index (χ4v) is 4.16. The topological polar surface area (TPSA) is 73.9 Å². The normalized spacial score (nSPS) is 20.9. The number of allylic oxidation sites excluding steroid dienone is 3. The molecule has 0 aromatic heterocycles. The summed E-state index contributed by atoms with van der Waals surface area (Å²) < 4.78 is 15.8. The van der Waals surface area contributed by atoms with Crippen molar-refractivity contribution in [1.29, 1.82) is 0 Å². The standard InChI is InChI=1S/C23H29NO5/c1-14-19(22(26)29-10-9-27-4)20(15-7-6-8-16(11-15)28-5)21-17(24-14)12-23(2,3)13-18(21)25/h6-8,11,20,24H,9-10,12-13H2,1-5H3/t20-/m1/s1. The predicted octanol–water partition coefficient (Wildman–Crippen LogP) is 3.49. The highest BCUT2D eigenvalue weighted by atomic mass is 16.6. The van der Waals surface area contributed by atoms with Gasteiger partial charge in [0.25, 0.3) is 0 Å². The summed E-state index contributed by atoms with van der Waals surface area (Å²) in [5.74, 6) is -0.188. The minimum Gasteiger partial charge on any atom is -0.497 e. The van der Waals surface area contributed by atoms with Gasteiger partial charge in [0.05, 0.1) is 19.3 Å². The number of methoxy groups -OCH3 is 2. The fraction of sp³-hybridized carbons (Fsp3) is 0.478. The number of ketones is 1. The number of hydrogen-bond donors (Lipinski definition) is 1. The Bertz CT molecular complexity index is 881. The Labute approximate surface area is 171 Å². The molecular weight excluding hydrogens is 370 g/mol. The predicted molar refractivity (Wildman–Crippen MR) is 109 cm³/mol. The quantitative estimate of drug-likeness (QED) is 0.583. The Morgan fingerprint density at radius 1 is 1.21 bits per heavy atom. The van der Waals surface area contributed by atoms with Crippen molar-refractivity contribution in [2.45, 2.75) is 39.5 Å². The molecule has 0 saturated carbocycles. The Morgan fingerprint density at radius 3 is 2.66 bits per heavy atom. The second-order valence-electron chi connectivity index (χ2n) is 8.34. The molecule has 0 radical (unpaired) electrons. The first-order chi connectivity index (χ1) is 13.8. The first-order valence-corrected chi connectivity index (χ1v) is 9.81. The van der Waals surface area contributed by atoms with E-state index in [-0.39, 0.29) is 17.8 Å². The number of dihydropyridines is 1. The number of carbonyl (C=O) groups is 2. The van der Waals surface area contributed by atoms with Crippen molar-refractivity contribution in [1.82, 2.24) is 5.32 Å². The average molecular weight is 399 g/mol. The van der Waals surface area contributed by atoms with Gasteiger partial charge in [-0.3, -0.25) is 4.79 Å². The van der Waals surface area contributed by atoms with E-state index in [2.05, 4.69) is 19.2 Å². The third-order valence-corrected chi connectivity index (χ3v) is 5.41. The van der Waals surface area contributed by atoms with E-state index in [1.165, 1.54) is 0 Å². The van der Waals surface area contributed by atoms with E-state index in [1.54, 1.807) is 14.2 Å². The second-order valence-corrected chi connectivity index (χ2v) is 8.34. The number of Topliss-reactive ketones (excluding diaryl/α,β-unsaturated/α-hetero) is 1. The number of carbonyl (C=O) groups excluding carboxylic acids is 2. The molecule has 1 atom stereocenters. The summed E-state index contributed by atoms with van der Waals surface area (Å²) in [4.78, 5) is 26.2. The molecule has 1 aromatic rings. The maximum Gasteiger partial charge on any atom is 0.336 e. The van der Waals surface area contributed by atoms with Crippen LogP contribution in [0, 0.1) is 5.41 Å². The van der Waals surface area contributed by atoms with Gasteiger partial charge in [-0.2, -0.15) is 0 Å². The third-order valence-electron chi connectivity index (χ3n) is 5.41. The minimum absolute atomic E-state index is 0.0614. The van der Waals surface area contributed by atoms with Crippen molar-refractivity contribution in [2.75, 3.05) is 27.4 Å². The fourth-order valence-electron chi connectivity index (χ4n) is 4.16. The number of hydrogen-bond acceptors (Lipinski definition) is 6. The zero-order chi connectivity index (χ0) is 21.2. The monoisotopic (exact) mass is 399 g/mol. The molecule has 0 amide bonds. The lowest BCUT2D eigenvalue weighted by Gasteiger charge is -2.39. The van der Waals surface area contributed by atoms with Gasteiger partial charge in [0.2, 0.25) is 0 Å². The summed E-state index contributed by atoms with van der Waals surface area (Å²) in [6, 6.07) is 7.52. The van der Waals surface area contributed by atoms with Crippen molar-refractivity contribution in [3.05, 3.63) is 52.4 Å². The van der Waals surface area contributed by atoms with Crippen molar-refractivity contribution < 1.29 is 23.8 Å². The molecule has 0 bridgehead atoms. The molecule has 6 heteroatoms. The van der Waals surface area contributed by atoms with Gasteiger partial charge in [-0.05, 0) is 36.5 Å². The van der Waals surface area contributed by atoms with Crippen molar-refractivity contribution in [2.24, 2.45) is 5.41 Å². The molecule has 0 fully saturated rings. The Kier molecular flexibility index (Phi) is 6.13. The maximum atomic E-state index is 13.2. The van der Waals surface area contributed by atoms with E-state index < -0.39 is 11.9 Å². The Hall–Kier alpha value is -2.60. The van der Waals surface area contributed by atoms with Crippen LogP contribution in [0.1, 0.15) is 45.1 Å². The molecule has 0 spiro atoms. The third kappa shape index (κ3) is 4.37. The van der Waals surface area contributed by atoms with Crippen molar-refractivity contribution in [3.63, 3.8) is 0 Å². The molecule has 1 aliphatic heterocycles. The van der Waals surface area contributed by atoms with Crippen LogP contribution in [-0.2, 0) is 19.1 Å². The van der Waals surface area contributed by atoms with Crippen LogP contribution in [0.2, 0.25) is 0 Å². The van der Waals surface area contributed by atoms with Crippen LogP contribution in [-0.4, -0.2) is 39.2 Å². The SMILES string of the molecule is COCCOC(=O)C1=C(C)NC2=C(C(=O)CC(C)(C)C2)[C@@H]1c1cccc(OC)c1. The van der Waals surface area contributed by atoms with Crippen molar-refractivity contribution >= 4 is 11.8 Å². The zero-order valence-corrected chi connectivity index (χ0v) is 17.8. The van der Waals surface area contributed by atoms with E-state index in [9.17, 15) is 9.59 Å². The molecule has 6 nitrogen and oxygen atoms in total. The highest BCUT2D eigenvalue weighted by molar-refractivity contribution is 6.04. The second kappa shape index (κ2) is 8.41. The summed E-state index contributed by atoms with van der Waals surface area (Å²) in [6.45, 7) is 6.51. The molecule has 0 saturated heterocycles. The number of rotatable bonds is 6. The summed E-state index contributed by atoms with van der Waals surface area (Å²) in [6.07, 6.45) is 1.19. The first kappa shape index (κ1) is 21.1. The van der Waals surface area contributed by atoms with Gasteiger partial charge in [0.15, 0.2) is 5.78 Å². The van der Waals surface area contributed by atoms with E-state index in [0.29, 0.717) is 35.6 Å². The minimum atomic E-state index is -0.486. The number of nitrogens with one attached hydrogen (secondary N) is 1. The summed E-state index contributed by atoms with van der Waals surface area (Å²) in [7, 11) is 3.15. The van der Waals surface area contributed by atoms with Crippen LogP contribution >= 0.6 is 0 Å². The molecule has 1 aromatic carbocycles. The van der Waals surface area contributed by atoms with Crippen LogP contribution in [0.5, 0.6) is 5.75 Å². The van der Waals surface area contributed by atoms with Crippen LogP contribution in [0.4, 0.5) is 0 Å². The summed E-state index contributed by atoms with van der Waals surface area (Å²) in [5.41, 5.74) is 3.43. The molecule has 1 heterocycles. The zero-order valence-electron chi connectivity index (χ0n) is 17.8. The van der Waals surface area contributed by atoms with Gasteiger partial charge in [0, 0.05) is 36.4 Å². The number of benzene rings is 1. The number of esters is 1. The molecule has 2 aliphatic rings. The first-order valence-electron chi connectivity index (χ1n) is 9.81. The van der Waals surface area contributed by atoms with Gasteiger partial charge in [-0.15, -0.1) is 0 Å². The Morgan fingerprint density at radius 2 is 1.97 bits per heavy atom. The lowest BCUT2D eigenvalue weighted by molar-refractivity contribution is -0.140. The lowest BCUT2D eigenvalue weighted by atomic mass is 9.68. The maximum absolute atomic E-state index is 13.2. The molecule has 1 N–H and O–H groups in total. The van der Waals surface area contributed by atoms with Crippen molar-refractivity contribution in [3.8, 4) is 5.75 Å². The van der Waals surface area contributed by atoms with Crippen LogP contribution < -0.4 is 10.1 Å². The lowest BCUT2D eigenvalue weighted by Crippen LogP contribution is -2.38. The van der Waals surface area contributed by atoms with Gasteiger partial charge in [-0.1, -0.05) is 26.0 Å². The Balaban J connectivity index is 2.10. The van der Waals surface area contributed by atoms with Crippen LogP contribution in [0.15, 0.2) is 46.8 Å². The van der Waals surface area contributed by atoms with Gasteiger partial charge >= 0.3 is 5.97 Å². The highest BCUT2D eigenvalue weighted by Gasteiger charge is 2.43. The smallest absolute Gasteiger partial charge is 0.336 e. The van der Waals surface area contributed by atoms with Crippen LogP contribution in [0.3, 0.4) is 0 Å². The molecular formula is C23H29NO5. The molecule has 1 aliphatic carbocycles. The van der Waals surface area contributed by atoms with E-state index in [4.69, 9.17) is 14.2 Å². The van der Waals surface area contributed by atoms with Crippen LogP contribution in [0.25, 0.3) is 0 Å². The molecule has 3 rings (SSSR count). The largest absolute Gasteiger partial charge is 0.497 e. The molecule has 156 valence electrons. The van der Waals surface area contributed by atoms with E-state index in [0.717, 1.165) is 17.7 Å². The van der Waals surface area contributed by atoms with Gasteiger partial charge in [0.1, 0.15) is 12.4 Å².